The summed E-state index contributed by atoms with van der Waals surface area (Å²) in [7, 11) is 0. The van der Waals surface area contributed by atoms with Gasteiger partial charge in [0.1, 0.15) is 5.04 Å². The molecule has 2 nitrogen and oxygen atoms in total. The Labute approximate surface area is 149 Å². The molecule has 1 aliphatic carbocycles. The molecule has 0 radical (unpaired) electrons. The molecule has 1 aliphatic heterocycles. The number of nitrogens with zero attached hydrogens (tertiary/aromatic N) is 1. The van der Waals surface area contributed by atoms with Crippen molar-refractivity contribution in [3.8, 4) is 0 Å². The van der Waals surface area contributed by atoms with Crippen LogP contribution in [0.4, 0.5) is 0 Å². The third-order valence-corrected chi connectivity index (χ3v) is 6.13. The van der Waals surface area contributed by atoms with Crippen LogP contribution in [0.1, 0.15) is 63.0 Å². The second-order valence-electron chi connectivity index (χ2n) is 6.99. The lowest BCUT2D eigenvalue weighted by molar-refractivity contribution is -0.121. The van der Waals surface area contributed by atoms with Crippen molar-refractivity contribution in [2.75, 3.05) is 0 Å². The highest BCUT2D eigenvalue weighted by Crippen LogP contribution is 2.37. The third-order valence-electron chi connectivity index (χ3n) is 5.04. The largest absolute Gasteiger partial charge is 0.272 e. The molecule has 128 valence electrons. The molecule has 0 bridgehead atoms. The molecule has 1 atom stereocenters. The maximum Gasteiger partial charge on any atom is 0.249 e. The van der Waals surface area contributed by atoms with Crippen LogP contribution in [-0.2, 0) is 10.5 Å². The number of amides is 1. The predicted molar refractivity (Wildman–Crippen MR) is 103 cm³/mol. The van der Waals surface area contributed by atoms with Gasteiger partial charge in [-0.1, -0.05) is 48.7 Å². The fourth-order valence-electron chi connectivity index (χ4n) is 3.76. The third kappa shape index (κ3) is 4.18. The zero-order valence-corrected chi connectivity index (χ0v) is 15.6. The van der Waals surface area contributed by atoms with Crippen LogP contribution < -0.4 is 0 Å². The van der Waals surface area contributed by atoms with Crippen LogP contribution in [0.5, 0.6) is 0 Å². The first-order valence-corrected chi connectivity index (χ1v) is 10.2. The van der Waals surface area contributed by atoms with Crippen LogP contribution >= 0.6 is 11.8 Å². The van der Waals surface area contributed by atoms with E-state index in [1.807, 2.05) is 0 Å². The lowest BCUT2D eigenvalue weighted by Crippen LogP contribution is -2.17. The van der Waals surface area contributed by atoms with Gasteiger partial charge >= 0.3 is 0 Å². The summed E-state index contributed by atoms with van der Waals surface area (Å²) in [6.07, 6.45) is 7.64. The van der Waals surface area contributed by atoms with Crippen molar-refractivity contribution in [1.29, 1.82) is 0 Å². The summed E-state index contributed by atoms with van der Waals surface area (Å²) in [5.74, 6) is 1.13. The van der Waals surface area contributed by atoms with Gasteiger partial charge in [-0.05, 0) is 56.6 Å². The van der Waals surface area contributed by atoms with E-state index >= 15 is 0 Å². The zero-order chi connectivity index (χ0) is 16.9. The summed E-state index contributed by atoms with van der Waals surface area (Å²) >= 11 is 1.75. The van der Waals surface area contributed by atoms with Crippen LogP contribution in [0.3, 0.4) is 0 Å². The topological polar surface area (TPSA) is 29.4 Å². The van der Waals surface area contributed by atoms with Gasteiger partial charge in [0, 0.05) is 11.7 Å². The molecule has 0 saturated heterocycles. The summed E-state index contributed by atoms with van der Waals surface area (Å²) in [4.78, 5) is 17.2. The van der Waals surface area contributed by atoms with Crippen molar-refractivity contribution in [2.45, 2.75) is 64.5 Å². The minimum atomic E-state index is 0.113. The van der Waals surface area contributed by atoms with Crippen molar-refractivity contribution in [3.05, 3.63) is 46.5 Å². The van der Waals surface area contributed by atoms with Crippen molar-refractivity contribution in [3.63, 3.8) is 0 Å². The van der Waals surface area contributed by atoms with Gasteiger partial charge in [0.2, 0.25) is 5.91 Å². The Hall–Kier alpha value is -1.35. The summed E-state index contributed by atoms with van der Waals surface area (Å²) in [6.45, 7) is 4.28. The Morgan fingerprint density at radius 1 is 1.25 bits per heavy atom. The molecule has 0 spiro atoms. The zero-order valence-electron chi connectivity index (χ0n) is 14.8. The number of benzene rings is 1. The summed E-state index contributed by atoms with van der Waals surface area (Å²) in [6, 6.07) is 8.61. The predicted octanol–water partition coefficient (Wildman–Crippen LogP) is 5.84. The van der Waals surface area contributed by atoms with Gasteiger partial charge in [0.05, 0.1) is 0 Å². The van der Waals surface area contributed by atoms with Gasteiger partial charge in [0.15, 0.2) is 0 Å². The monoisotopic (exact) mass is 341 g/mol. The molecule has 3 rings (SSSR count). The van der Waals surface area contributed by atoms with E-state index in [9.17, 15) is 4.79 Å². The molecule has 0 aromatic heterocycles. The van der Waals surface area contributed by atoms with E-state index in [1.165, 1.54) is 29.5 Å². The number of hydrogen-bond acceptors (Lipinski definition) is 2. The first-order chi connectivity index (χ1) is 11.7. The van der Waals surface area contributed by atoms with Crippen molar-refractivity contribution >= 4 is 22.7 Å². The normalized spacial score (nSPS) is 21.3. The Kier molecular flexibility index (Phi) is 5.94. The molecular weight excluding hydrogens is 314 g/mol. The fraction of sp³-hybridized carbons (Fsp3) is 0.524. The Bertz CT molecular complexity index is 674. The molecule has 0 saturated carbocycles. The van der Waals surface area contributed by atoms with E-state index in [0.717, 1.165) is 42.9 Å². The van der Waals surface area contributed by atoms with Gasteiger partial charge in [-0.3, -0.25) is 4.79 Å². The highest BCUT2D eigenvalue weighted by molar-refractivity contribution is 8.13. The second-order valence-corrected chi connectivity index (χ2v) is 7.96. The van der Waals surface area contributed by atoms with Gasteiger partial charge in [-0.2, -0.15) is 0 Å². The molecule has 1 heterocycles. The minimum Gasteiger partial charge on any atom is -0.272 e. The number of carbonyl (C=O) groups is 1. The summed E-state index contributed by atoms with van der Waals surface area (Å²) < 4.78 is 0. The maximum absolute atomic E-state index is 12.6. The Morgan fingerprint density at radius 2 is 2.12 bits per heavy atom. The van der Waals surface area contributed by atoms with E-state index in [2.05, 4.69) is 43.1 Å². The first kappa shape index (κ1) is 17.5. The van der Waals surface area contributed by atoms with E-state index in [0.29, 0.717) is 0 Å². The van der Waals surface area contributed by atoms with E-state index in [4.69, 9.17) is 0 Å². The number of aliphatic imine (C=N–C) groups is 1. The summed E-state index contributed by atoms with van der Waals surface area (Å²) in [5.41, 5.74) is 5.55. The number of aryl methyl sites for hydroxylation is 1. The van der Waals surface area contributed by atoms with Crippen molar-refractivity contribution in [2.24, 2.45) is 10.9 Å². The first-order valence-electron chi connectivity index (χ1n) is 9.19. The maximum atomic E-state index is 12.6. The van der Waals surface area contributed by atoms with Gasteiger partial charge < -0.3 is 0 Å². The molecule has 1 amide bonds. The van der Waals surface area contributed by atoms with E-state index < -0.39 is 0 Å². The molecule has 1 aromatic rings. The molecule has 3 heteroatoms. The van der Waals surface area contributed by atoms with Gasteiger partial charge in [-0.15, -0.1) is 11.8 Å². The fourth-order valence-corrected chi connectivity index (χ4v) is 4.82. The van der Waals surface area contributed by atoms with Crippen LogP contribution in [0, 0.1) is 12.8 Å². The highest BCUT2D eigenvalue weighted by Gasteiger charge is 2.27. The number of thioether (sulfide) groups is 1. The van der Waals surface area contributed by atoms with Crippen LogP contribution in [0.15, 0.2) is 40.4 Å². The highest BCUT2D eigenvalue weighted by atomic mass is 32.2. The van der Waals surface area contributed by atoms with Gasteiger partial charge in [-0.25, -0.2) is 4.99 Å². The molecular formula is C21H27NOS. The van der Waals surface area contributed by atoms with Crippen LogP contribution in [-0.4, -0.2) is 11.0 Å². The van der Waals surface area contributed by atoms with E-state index in [1.54, 1.807) is 17.3 Å². The Balaban J connectivity index is 1.80. The SMILES string of the molecule is CCCC1CCC2=C(CCC2)C(SCc2cccc(C)c2)=NC1=O. The molecule has 24 heavy (non-hydrogen) atoms. The van der Waals surface area contributed by atoms with Crippen LogP contribution in [0.25, 0.3) is 0 Å². The van der Waals surface area contributed by atoms with E-state index in [-0.39, 0.29) is 11.8 Å². The minimum absolute atomic E-state index is 0.113. The molecule has 2 aliphatic rings. The molecule has 1 aromatic carbocycles. The van der Waals surface area contributed by atoms with Gasteiger partial charge in [0.25, 0.3) is 0 Å². The average Bonchev–Trinajstić information content (AvgIpc) is 3.02. The molecule has 0 N–H and O–H groups in total. The number of rotatable bonds is 4. The number of carbonyl (C=O) groups excluding carboxylic acids is 1. The number of hydrogen-bond donors (Lipinski definition) is 0. The standard InChI is InChI=1S/C21H27NOS/c1-3-6-18-12-11-17-9-5-10-19(17)21(22-20(18)23)24-14-16-8-4-7-15(2)13-16/h4,7-8,13,18H,3,5-6,9-12,14H2,1-2H3. The lowest BCUT2D eigenvalue weighted by atomic mass is 9.92. The second kappa shape index (κ2) is 8.15. The molecule has 0 fully saturated rings. The summed E-state index contributed by atoms with van der Waals surface area (Å²) in [5, 5.41) is 1.01. The van der Waals surface area contributed by atoms with Crippen molar-refractivity contribution in [1.82, 2.24) is 0 Å². The lowest BCUT2D eigenvalue weighted by Gasteiger charge is -2.19. The Morgan fingerprint density at radius 3 is 2.92 bits per heavy atom. The van der Waals surface area contributed by atoms with Crippen molar-refractivity contribution < 1.29 is 4.79 Å². The quantitative estimate of drug-likeness (QED) is 0.688. The number of allylic oxidation sites excluding steroid dienone is 1. The average molecular weight is 342 g/mol. The van der Waals surface area contributed by atoms with Crippen LogP contribution in [0.2, 0.25) is 0 Å². The molecule has 1 unspecified atom stereocenters. The smallest absolute Gasteiger partial charge is 0.249 e.